The standard InChI is InChI=1S/C38H58N2O4S4.C33H47NO3S3.C30H42N2O3S5/c1-7-8-21-46-37(45)48-33(28-15-10-9-11-16-28)23-29(36(43)39-26(2)3)24-38(5,6)34(41)18-14-20-44-35(42)19-13-12-17-32-30-22-27(4)40-31(30)25-47-32;1-7-8-19-39-32(38)40-29(26-14-10-9-11-15-26)21-27(31(37)34-23(2)3)22-33(5,6)30(36)16-12-13-25-17-18-28(35)24(4)20-25;1-6-7-18-37-29(36)39-25(23-13-9-8-10-14-23)20-24(27(33)32-22(2)3)21-30(4,5)28(34)35-17-19-38-40-26-15-11-12-16-31-26/h9-11,15-16,26,29-33,40H,4,7-8,12-14,17-25H2,1-3,5-6H3,(H,39,43);9-11,14-15,17-18,20,23,27,29,35H,7-8,12-13,16,19,21-22H2,1-6H3,(H,34,37);8-16,22,24-25H,6-7,17-21H2,1-5H3,(H,32,33)/t29?,30-,31-,32-,33?;;/m0../s1. The molecule has 6 unspecified atom stereocenters. The average Bonchev–Trinajstić information content (AvgIpc) is 1.63. The lowest BCUT2D eigenvalue weighted by molar-refractivity contribution is -0.154. The molecular weight excluding hydrogens is 1830 g/mol. The SMILES string of the molecule is C=C1C[C@H]2[C@H](CS[C@H]2CCCCC(=O)OCCCC(=O)C(C)(C)CC(CC(SC(=S)SCCCC)c2ccccc2)C(=O)NC(C)C)N1.CCCCSC(=S)SC(CC(CC(C)(C)C(=O)CCCc1ccc(O)c(C)c1)C(=O)NC(C)C)c1ccccc1.CCCCSC(=S)SC(CC(CC(C)(C)C(=O)OCCSSc1ccccn1)C(=O)NC(C)C)c1ccccc1. The summed E-state index contributed by atoms with van der Waals surface area (Å²) < 4.78 is 13.9. The molecule has 7 rings (SSSR count). The zero-order valence-corrected chi connectivity index (χ0v) is 88.6. The summed E-state index contributed by atoms with van der Waals surface area (Å²) in [5.74, 6) is 4.46. The molecule has 0 spiro atoms. The van der Waals surface area contributed by atoms with Crippen molar-refractivity contribution in [3.05, 3.63) is 174 Å². The fourth-order valence-electron chi connectivity index (χ4n) is 15.1. The van der Waals surface area contributed by atoms with E-state index in [0.717, 1.165) is 143 Å². The Morgan fingerprint density at radius 2 is 0.977 bits per heavy atom. The van der Waals surface area contributed by atoms with Crippen LogP contribution in [-0.2, 0) is 49.5 Å². The summed E-state index contributed by atoms with van der Waals surface area (Å²) in [6.07, 6.45) is 18.9. The Bertz CT molecular complexity index is 4180. The van der Waals surface area contributed by atoms with Crippen molar-refractivity contribution < 1.29 is 48.1 Å². The highest BCUT2D eigenvalue weighted by molar-refractivity contribution is 8.76. The predicted octanol–water partition coefficient (Wildman–Crippen LogP) is 26.7. The number of phenols is 1. The summed E-state index contributed by atoms with van der Waals surface area (Å²) in [5, 5.41) is 24.2. The lowest BCUT2D eigenvalue weighted by Crippen LogP contribution is -2.40. The van der Waals surface area contributed by atoms with Crippen LogP contribution in [0.15, 0.2) is 151 Å². The number of nitrogens with one attached hydrogen (secondary N) is 4. The van der Waals surface area contributed by atoms with Crippen LogP contribution in [0.5, 0.6) is 5.75 Å². The highest BCUT2D eigenvalue weighted by Gasteiger charge is 2.42. The summed E-state index contributed by atoms with van der Waals surface area (Å²) >= 11 is 29.4. The number of unbranched alkanes of at least 4 members (excludes halogenated alkanes) is 4. The third-order valence-electron chi connectivity index (χ3n) is 22.2. The number of rotatable bonds is 54. The van der Waals surface area contributed by atoms with Crippen molar-refractivity contribution in [3.8, 4) is 5.75 Å². The number of aromatic hydroxyl groups is 1. The Balaban J connectivity index is 0.000000342. The van der Waals surface area contributed by atoms with E-state index in [2.05, 4.69) is 90.0 Å². The molecule has 2 aliphatic rings. The van der Waals surface area contributed by atoms with Crippen molar-refractivity contribution in [2.24, 2.45) is 39.9 Å². The van der Waals surface area contributed by atoms with E-state index in [0.29, 0.717) is 99.5 Å². The van der Waals surface area contributed by atoms with Crippen molar-refractivity contribution in [1.82, 2.24) is 26.3 Å². The maximum Gasteiger partial charge on any atom is 0.311 e. The molecule has 9 atom stereocenters. The smallest absolute Gasteiger partial charge is 0.311 e. The van der Waals surface area contributed by atoms with Gasteiger partial charge in [0.15, 0.2) is 0 Å². The number of Topliss-reactive ketones (excluding diaryl/α,β-unsaturated/α-hetero) is 2. The molecule has 0 saturated carbocycles. The number of fused-ring (bicyclic) bond motifs is 1. The van der Waals surface area contributed by atoms with E-state index in [1.165, 1.54) is 5.70 Å². The van der Waals surface area contributed by atoms with E-state index in [1.54, 1.807) is 104 Å². The summed E-state index contributed by atoms with van der Waals surface area (Å²) in [5.41, 5.74) is 4.40. The third-order valence-corrected chi connectivity index (χ3v) is 34.9. The number of pyridine rings is 1. The normalized spacial score (nSPS) is 15.8. The van der Waals surface area contributed by atoms with Crippen LogP contribution in [0, 0.1) is 46.8 Å². The van der Waals surface area contributed by atoms with Crippen LogP contribution in [0.3, 0.4) is 0 Å². The number of benzene rings is 4. The van der Waals surface area contributed by atoms with Gasteiger partial charge >= 0.3 is 11.9 Å². The minimum absolute atomic E-state index is 0.000950. The minimum Gasteiger partial charge on any atom is -0.508 e. The zero-order valence-electron chi connectivity index (χ0n) is 78.8. The lowest BCUT2D eigenvalue weighted by atomic mass is 9.75. The van der Waals surface area contributed by atoms with Gasteiger partial charge in [0.25, 0.3) is 0 Å². The summed E-state index contributed by atoms with van der Waals surface area (Å²) in [6, 6.07) is 42.7. The molecule has 5 aromatic rings. The quantitative estimate of drug-likeness (QED) is 0.0106. The third kappa shape index (κ3) is 45.2. The van der Waals surface area contributed by atoms with Crippen LogP contribution in [0.25, 0.3) is 0 Å². The molecule has 2 saturated heterocycles. The Kier molecular flexibility index (Phi) is 55.4. The van der Waals surface area contributed by atoms with Crippen LogP contribution in [0.2, 0.25) is 0 Å². The van der Waals surface area contributed by atoms with E-state index in [1.807, 2.05) is 187 Å². The summed E-state index contributed by atoms with van der Waals surface area (Å²) in [4.78, 5) is 97.2. The molecule has 1 aromatic heterocycles. The van der Waals surface area contributed by atoms with E-state index in [4.69, 9.17) is 46.1 Å². The van der Waals surface area contributed by atoms with Crippen molar-refractivity contribution in [3.63, 3.8) is 0 Å². The van der Waals surface area contributed by atoms with Gasteiger partial charge in [-0.05, 0) is 239 Å². The Morgan fingerprint density at radius 3 is 1.40 bits per heavy atom. The van der Waals surface area contributed by atoms with Gasteiger partial charge in [0, 0.05) is 116 Å². The molecule has 4 aromatic carbocycles. The molecule has 708 valence electrons. The number of esters is 2. The monoisotopic (exact) mass is 1970 g/mol. The van der Waals surface area contributed by atoms with Crippen LogP contribution >= 0.6 is 141 Å². The number of ether oxygens (including phenoxy) is 2. The number of hydrogen-bond acceptors (Lipinski definition) is 24. The molecule has 0 aliphatic carbocycles. The number of allylic oxidation sites excluding steroid dienone is 1. The Hall–Kier alpha value is -4.52. The van der Waals surface area contributed by atoms with E-state index < -0.39 is 16.2 Å². The Labute approximate surface area is 822 Å². The maximum atomic E-state index is 13.6. The van der Waals surface area contributed by atoms with Gasteiger partial charge in [0.1, 0.15) is 39.5 Å². The Morgan fingerprint density at radius 1 is 0.539 bits per heavy atom. The van der Waals surface area contributed by atoms with Crippen LogP contribution in [0.4, 0.5) is 0 Å². The highest BCUT2D eigenvalue weighted by Crippen LogP contribution is 2.47. The molecule has 128 heavy (non-hydrogen) atoms. The fraction of sp³-hybridized carbons (Fsp3) is 0.594. The predicted molar refractivity (Wildman–Crippen MR) is 568 cm³/mol. The lowest BCUT2D eigenvalue weighted by Gasteiger charge is -2.31. The number of carbonyl (C=O) groups is 7. The molecule has 5 N–H and O–H groups in total. The second kappa shape index (κ2) is 62.2. The molecule has 0 radical (unpaired) electrons. The van der Waals surface area contributed by atoms with E-state index >= 15 is 0 Å². The van der Waals surface area contributed by atoms with Crippen molar-refractivity contribution >= 4 is 192 Å². The number of thioether (sulfide) groups is 7. The van der Waals surface area contributed by atoms with E-state index in [9.17, 15) is 38.7 Å². The van der Waals surface area contributed by atoms with Gasteiger partial charge in [0.05, 0.1) is 12.0 Å². The fourth-order valence-corrected chi connectivity index (χ4v) is 27.3. The van der Waals surface area contributed by atoms with Gasteiger partial charge in [-0.25, -0.2) is 4.98 Å². The molecule has 3 amide bonds. The summed E-state index contributed by atoms with van der Waals surface area (Å²) in [6.45, 7) is 36.4. The van der Waals surface area contributed by atoms with Crippen molar-refractivity contribution in [1.29, 1.82) is 0 Å². The number of phenolic OH excluding ortho intramolecular Hbond substituents is 1. The second-order valence-electron chi connectivity index (χ2n) is 36.2. The number of aromatic nitrogens is 1. The van der Waals surface area contributed by atoms with Crippen molar-refractivity contribution in [2.75, 3.05) is 42.0 Å². The minimum atomic E-state index is -0.819. The largest absolute Gasteiger partial charge is 0.508 e. The van der Waals surface area contributed by atoms with Crippen LogP contribution < -0.4 is 21.3 Å². The van der Waals surface area contributed by atoms with Gasteiger partial charge in [0.2, 0.25) is 17.7 Å². The first kappa shape index (κ1) is 114. The van der Waals surface area contributed by atoms with Gasteiger partial charge < -0.3 is 35.8 Å². The van der Waals surface area contributed by atoms with Crippen molar-refractivity contribution in [2.45, 2.75) is 302 Å². The number of thiocarbonyl (C=S) groups is 3. The van der Waals surface area contributed by atoms with E-state index in [-0.39, 0.29) is 99.5 Å². The van der Waals surface area contributed by atoms with Crippen LogP contribution in [0.1, 0.15) is 282 Å². The van der Waals surface area contributed by atoms with Crippen LogP contribution in [-0.4, -0.2) is 133 Å². The number of carbonyl (C=O) groups excluding carboxylic acids is 7. The molecule has 2 fully saturated rings. The maximum absolute atomic E-state index is 13.6. The number of aryl methyl sites for hydroxylation is 2. The topological polar surface area (TPSA) is 219 Å². The second-order valence-corrected chi connectivity index (χ2v) is 50.4. The zero-order chi connectivity index (χ0) is 94.2. The first-order chi connectivity index (χ1) is 60.9. The molecular formula is C101H147N5O10S12. The van der Waals surface area contributed by atoms with Gasteiger partial charge in [-0.2, -0.15) is 11.8 Å². The molecule has 3 heterocycles. The summed E-state index contributed by atoms with van der Waals surface area (Å²) in [7, 11) is 3.16. The number of hydrogen-bond donors (Lipinski definition) is 5. The van der Waals surface area contributed by atoms with Gasteiger partial charge in [-0.1, -0.05) is 273 Å². The molecule has 2 aliphatic heterocycles. The first-order valence-electron chi connectivity index (χ1n) is 45.9. The molecule has 15 nitrogen and oxygen atoms in total. The number of ketones is 2. The molecule has 27 heteroatoms. The van der Waals surface area contributed by atoms with Gasteiger partial charge in [-0.15, -0.1) is 35.3 Å². The molecule has 0 bridgehead atoms. The number of amides is 3. The average molecular weight is 1980 g/mol. The number of nitrogens with zero attached hydrogens (tertiary/aromatic N) is 1. The van der Waals surface area contributed by atoms with Gasteiger partial charge in [-0.3, -0.25) is 33.6 Å². The first-order valence-corrected chi connectivity index (χ1v) is 56.1. The highest BCUT2D eigenvalue weighted by atomic mass is 33.1.